The predicted octanol–water partition coefficient (Wildman–Crippen LogP) is 3.54. The van der Waals surface area contributed by atoms with Crippen molar-refractivity contribution in [2.75, 3.05) is 0 Å². The van der Waals surface area contributed by atoms with E-state index in [9.17, 15) is 0 Å². The van der Waals surface area contributed by atoms with Crippen LogP contribution in [-0.4, -0.2) is 11.0 Å². The summed E-state index contributed by atoms with van der Waals surface area (Å²) >= 11 is 1.68. The fourth-order valence-corrected chi connectivity index (χ4v) is 3.08. The van der Waals surface area contributed by atoms with Crippen LogP contribution in [-0.2, 0) is 13.0 Å². The van der Waals surface area contributed by atoms with Crippen LogP contribution >= 0.6 is 11.3 Å². The first-order valence-electron chi connectivity index (χ1n) is 6.85. The van der Waals surface area contributed by atoms with Gasteiger partial charge >= 0.3 is 0 Å². The van der Waals surface area contributed by atoms with Crippen LogP contribution in [0.2, 0.25) is 0 Å². The molecule has 20 heavy (non-hydrogen) atoms. The molecule has 1 aromatic carbocycles. The zero-order valence-electron chi connectivity index (χ0n) is 12.6. The first kappa shape index (κ1) is 15.0. The maximum atomic E-state index is 5.97. The van der Waals surface area contributed by atoms with Crippen LogP contribution < -0.4 is 10.5 Å². The van der Waals surface area contributed by atoms with E-state index in [0.717, 1.165) is 22.1 Å². The van der Waals surface area contributed by atoms with E-state index in [0.29, 0.717) is 6.61 Å². The Morgan fingerprint density at radius 3 is 2.40 bits per heavy atom. The predicted molar refractivity (Wildman–Crippen MR) is 84.5 cm³/mol. The molecule has 0 saturated heterocycles. The normalized spacial score (nSPS) is 12.4. The Hall–Kier alpha value is -1.39. The monoisotopic (exact) mass is 290 g/mol. The number of ether oxygens (including phenoxy) is 1. The molecule has 0 bridgehead atoms. The van der Waals surface area contributed by atoms with Gasteiger partial charge in [0.05, 0.1) is 9.88 Å². The van der Waals surface area contributed by atoms with Crippen molar-refractivity contribution in [3.63, 3.8) is 0 Å². The maximum Gasteiger partial charge on any atom is 0.125 e. The summed E-state index contributed by atoms with van der Waals surface area (Å²) in [4.78, 5) is 5.40. The van der Waals surface area contributed by atoms with E-state index in [1.54, 1.807) is 11.3 Å². The topological polar surface area (TPSA) is 48.1 Å². The number of aromatic nitrogens is 1. The molecule has 108 valence electrons. The lowest BCUT2D eigenvalue weighted by atomic mass is 10.0. The molecule has 0 aliphatic rings. The number of rotatable bonds is 5. The Morgan fingerprint density at radius 1 is 1.25 bits per heavy atom. The van der Waals surface area contributed by atoms with Gasteiger partial charge in [-0.2, -0.15) is 0 Å². The fourth-order valence-electron chi connectivity index (χ4n) is 2.37. The highest BCUT2D eigenvalue weighted by atomic mass is 32.1. The van der Waals surface area contributed by atoms with Gasteiger partial charge in [-0.15, -0.1) is 11.3 Å². The van der Waals surface area contributed by atoms with Crippen molar-refractivity contribution < 1.29 is 4.74 Å². The minimum atomic E-state index is 0.181. The highest BCUT2D eigenvalue weighted by Gasteiger charge is 2.09. The van der Waals surface area contributed by atoms with Gasteiger partial charge in [0.1, 0.15) is 12.4 Å². The van der Waals surface area contributed by atoms with Gasteiger partial charge in [0.25, 0.3) is 0 Å². The minimum absolute atomic E-state index is 0.181. The molecule has 3 nitrogen and oxygen atoms in total. The fraction of sp³-hybridized carbons (Fsp3) is 0.438. The van der Waals surface area contributed by atoms with E-state index in [-0.39, 0.29) is 6.04 Å². The summed E-state index contributed by atoms with van der Waals surface area (Å²) in [5.41, 5.74) is 9.47. The van der Waals surface area contributed by atoms with Gasteiger partial charge in [-0.1, -0.05) is 12.1 Å². The third kappa shape index (κ3) is 3.81. The number of hydrogen-bond acceptors (Lipinski definition) is 4. The van der Waals surface area contributed by atoms with E-state index < -0.39 is 0 Å². The molecule has 0 amide bonds. The van der Waals surface area contributed by atoms with Gasteiger partial charge in [0.2, 0.25) is 0 Å². The lowest BCUT2D eigenvalue weighted by Gasteiger charge is -2.14. The molecule has 2 aromatic rings. The first-order valence-corrected chi connectivity index (χ1v) is 7.67. The highest BCUT2D eigenvalue weighted by molar-refractivity contribution is 7.11. The van der Waals surface area contributed by atoms with Crippen LogP contribution in [0.5, 0.6) is 5.75 Å². The van der Waals surface area contributed by atoms with Gasteiger partial charge in [-0.3, -0.25) is 0 Å². The maximum absolute atomic E-state index is 5.97. The second kappa shape index (κ2) is 6.37. The molecule has 0 saturated carbocycles. The molecule has 2 rings (SSSR count). The SMILES string of the molecule is Cc1ncc(COc2c(C)cc(CC(C)N)cc2C)s1. The van der Waals surface area contributed by atoms with Gasteiger partial charge in [-0.05, 0) is 50.8 Å². The second-order valence-electron chi connectivity index (χ2n) is 5.37. The van der Waals surface area contributed by atoms with Crippen molar-refractivity contribution in [1.29, 1.82) is 0 Å². The Kier molecular flexibility index (Phi) is 4.78. The van der Waals surface area contributed by atoms with Crippen molar-refractivity contribution in [3.8, 4) is 5.75 Å². The van der Waals surface area contributed by atoms with Gasteiger partial charge in [-0.25, -0.2) is 4.98 Å². The van der Waals surface area contributed by atoms with Gasteiger partial charge < -0.3 is 10.5 Å². The van der Waals surface area contributed by atoms with E-state index in [1.165, 1.54) is 16.7 Å². The second-order valence-corrected chi connectivity index (χ2v) is 6.69. The average Bonchev–Trinajstić information content (AvgIpc) is 2.73. The summed E-state index contributed by atoms with van der Waals surface area (Å²) in [7, 11) is 0. The van der Waals surface area contributed by atoms with Crippen LogP contribution in [0.1, 0.15) is 33.5 Å². The van der Waals surface area contributed by atoms with E-state index >= 15 is 0 Å². The molecule has 4 heteroatoms. The summed E-state index contributed by atoms with van der Waals surface area (Å²) in [6.45, 7) is 8.80. The lowest BCUT2D eigenvalue weighted by Crippen LogP contribution is -2.18. The van der Waals surface area contributed by atoms with Crippen molar-refractivity contribution in [3.05, 3.63) is 44.9 Å². The Morgan fingerprint density at radius 2 is 1.90 bits per heavy atom. The Bertz CT molecular complexity index is 567. The molecular formula is C16H22N2OS. The van der Waals surface area contributed by atoms with Gasteiger partial charge in [0.15, 0.2) is 0 Å². The summed E-state index contributed by atoms with van der Waals surface area (Å²) in [6, 6.07) is 4.52. The average molecular weight is 290 g/mol. The van der Waals surface area contributed by atoms with Crippen LogP contribution in [0, 0.1) is 20.8 Å². The molecule has 0 fully saturated rings. The zero-order chi connectivity index (χ0) is 14.7. The van der Waals surface area contributed by atoms with Crippen molar-refractivity contribution in [1.82, 2.24) is 4.98 Å². The van der Waals surface area contributed by atoms with Crippen LogP contribution in [0.25, 0.3) is 0 Å². The molecule has 1 atom stereocenters. The van der Waals surface area contributed by atoms with Crippen LogP contribution in [0.15, 0.2) is 18.3 Å². The number of aryl methyl sites for hydroxylation is 3. The highest BCUT2D eigenvalue weighted by Crippen LogP contribution is 2.27. The summed E-state index contributed by atoms with van der Waals surface area (Å²) in [6.07, 6.45) is 2.78. The van der Waals surface area contributed by atoms with Crippen molar-refractivity contribution >= 4 is 11.3 Å². The van der Waals surface area contributed by atoms with Crippen molar-refractivity contribution in [2.24, 2.45) is 5.73 Å². The Labute approximate surface area is 124 Å². The molecule has 2 N–H and O–H groups in total. The first-order chi connectivity index (χ1) is 9.45. The van der Waals surface area contributed by atoms with Crippen LogP contribution in [0.3, 0.4) is 0 Å². The standard InChI is InChI=1S/C16H22N2OS/c1-10-5-14(7-12(3)17)6-11(2)16(10)19-9-15-8-18-13(4)20-15/h5-6,8,12H,7,9,17H2,1-4H3. The third-order valence-corrected chi connectivity index (χ3v) is 3.99. The molecule has 1 unspecified atom stereocenters. The minimum Gasteiger partial charge on any atom is -0.487 e. The number of nitrogens with zero attached hydrogens (tertiary/aromatic N) is 1. The number of benzene rings is 1. The van der Waals surface area contributed by atoms with Crippen molar-refractivity contribution in [2.45, 2.75) is 46.8 Å². The molecule has 1 aromatic heterocycles. The third-order valence-electron chi connectivity index (χ3n) is 3.11. The Balaban J connectivity index is 2.11. The molecule has 0 aliphatic carbocycles. The van der Waals surface area contributed by atoms with E-state index in [2.05, 4.69) is 31.0 Å². The molecule has 0 spiro atoms. The number of hydrogen-bond donors (Lipinski definition) is 1. The quantitative estimate of drug-likeness (QED) is 0.916. The summed E-state index contributed by atoms with van der Waals surface area (Å²) in [5, 5.41) is 1.07. The number of nitrogens with two attached hydrogens (primary N) is 1. The summed E-state index contributed by atoms with van der Waals surface area (Å²) < 4.78 is 5.97. The van der Waals surface area contributed by atoms with E-state index in [4.69, 9.17) is 10.5 Å². The van der Waals surface area contributed by atoms with Gasteiger partial charge in [0, 0.05) is 12.2 Å². The number of thiazole rings is 1. The van der Waals surface area contributed by atoms with Crippen LogP contribution in [0.4, 0.5) is 0 Å². The zero-order valence-corrected chi connectivity index (χ0v) is 13.4. The smallest absolute Gasteiger partial charge is 0.125 e. The molecule has 0 radical (unpaired) electrons. The molecule has 0 aliphatic heterocycles. The lowest BCUT2D eigenvalue weighted by molar-refractivity contribution is 0.305. The summed E-state index contributed by atoms with van der Waals surface area (Å²) in [5.74, 6) is 0.976. The molecular weight excluding hydrogens is 268 g/mol. The van der Waals surface area contributed by atoms with E-state index in [1.807, 2.05) is 20.0 Å². The molecule has 1 heterocycles. The largest absolute Gasteiger partial charge is 0.487 e.